The summed E-state index contributed by atoms with van der Waals surface area (Å²) in [5, 5.41) is 9.39. The van der Waals surface area contributed by atoms with Gasteiger partial charge < -0.3 is 5.73 Å². The van der Waals surface area contributed by atoms with Gasteiger partial charge in [-0.15, -0.1) is 0 Å². The number of hydrogen-bond acceptors (Lipinski definition) is 3. The van der Waals surface area contributed by atoms with Gasteiger partial charge in [0.2, 0.25) is 5.92 Å². The normalized spacial score (nSPS) is 17.3. The fourth-order valence-corrected chi connectivity index (χ4v) is 5240. The van der Waals surface area contributed by atoms with Crippen molar-refractivity contribution in [2.45, 2.75) is 25.3 Å². The van der Waals surface area contributed by atoms with Crippen LogP contribution >= 0.6 is 408 Å². The molecule has 43 heavy (non-hydrogen) atoms. The van der Waals surface area contributed by atoms with E-state index in [1.807, 2.05) is 0 Å². The second-order valence-corrected chi connectivity index (χ2v) is 704. The fourth-order valence-electron chi connectivity index (χ4n) is 1.27. The first-order valence-electron chi connectivity index (χ1n) is 7.77. The predicted molar refractivity (Wildman–Crippen MR) is 459 cm³/mol. The topological polar surface area (TPSA) is 67.6 Å². The summed E-state index contributed by atoms with van der Waals surface area (Å²) in [6, 6.07) is -0.760. The molecule has 0 radical (unpaired) electrons. The molecule has 4 nitrogen and oxygen atoms in total. The molecular weight excluding hydrogens is 4100 g/mol. The minimum absolute atomic E-state index is 0.358. The molecule has 0 aliphatic heterocycles. The maximum absolute atomic E-state index is 12.4. The summed E-state index contributed by atoms with van der Waals surface area (Å²) in [6.07, 6.45) is 0.927. The summed E-state index contributed by atoms with van der Waals surface area (Å²) in [5.74, 6) is -2.77. The average molecular weight is 4110 g/mol. The van der Waals surface area contributed by atoms with Crippen molar-refractivity contribution in [3.8, 4) is 0 Å². The second-order valence-electron chi connectivity index (χ2n) is 5.10. The zero-order chi connectivity index (χ0) is 34.0. The summed E-state index contributed by atoms with van der Waals surface area (Å²) in [5.41, 5.74) is 5.78. The summed E-state index contributed by atoms with van der Waals surface area (Å²) >= 11 is 51.2. The van der Waals surface area contributed by atoms with Crippen molar-refractivity contribution in [2.24, 2.45) is 5.73 Å². The first-order valence-corrected chi connectivity index (χ1v) is 196. The Labute approximate surface area is 464 Å². The second kappa shape index (κ2) is 37.4. The van der Waals surface area contributed by atoms with Crippen molar-refractivity contribution in [3.63, 3.8) is 0 Å². The molecule has 0 fully saturated rings. The molecule has 1 aromatic heterocycles. The summed E-state index contributed by atoms with van der Waals surface area (Å²) in [7, 11) is -6.36. The quantitative estimate of drug-likeness (QED) is 0.153. The number of aromatic amines is 1. The predicted octanol–water partition coefficient (Wildman–Crippen LogP) is 24.4. The first kappa shape index (κ1) is 64.6. The number of alkyl halides is 2. The molecule has 1 unspecified atom stereocenters. The number of rotatable bonds is 17. The molecular formula is C6H10F2I31N4-. The first-order chi connectivity index (χ1) is 19.6. The summed E-state index contributed by atoms with van der Waals surface area (Å²) in [4.78, 5) is 0. The van der Waals surface area contributed by atoms with E-state index in [-0.39, 0.29) is 7.89 Å². The number of nitrogens with zero attached hydrogens (tertiary/aromatic N) is 2. The van der Waals surface area contributed by atoms with Gasteiger partial charge in [-0.2, -0.15) is 15.4 Å². The Morgan fingerprint density at radius 2 is 1.02 bits per heavy atom. The van der Waals surface area contributed by atoms with Crippen LogP contribution in [0.25, 0.3) is 0 Å². The monoisotopic (exact) mass is 4110 g/mol. The van der Waals surface area contributed by atoms with E-state index in [0.717, 1.165) is 6.92 Å². The maximum atomic E-state index is 12.4. The van der Waals surface area contributed by atoms with Gasteiger partial charge in [0.05, 0.1) is 17.9 Å². The van der Waals surface area contributed by atoms with Gasteiger partial charge in [0.1, 0.15) is 0 Å². The van der Waals surface area contributed by atoms with Gasteiger partial charge in [0.15, 0.2) is 0 Å². The van der Waals surface area contributed by atoms with E-state index in [9.17, 15) is 8.78 Å². The summed E-state index contributed by atoms with van der Waals surface area (Å²) < 4.78 is 24.9. The third-order valence-corrected chi connectivity index (χ3v) is 2230. The molecule has 0 aliphatic carbocycles. The molecule has 0 spiro atoms. The van der Waals surface area contributed by atoms with Gasteiger partial charge in [0, 0.05) is 6.42 Å². The van der Waals surface area contributed by atoms with Crippen LogP contribution < -0.4 is 19.0 Å². The summed E-state index contributed by atoms with van der Waals surface area (Å²) in [6.45, 7) is 0.826. The molecule has 37 heteroatoms. The van der Waals surface area contributed by atoms with Crippen molar-refractivity contribution < 1.29 is 22.0 Å². The Kier molecular flexibility index (Phi) is 56.2. The Balaban J connectivity index is 0.00000121. The SMILES string of the molecule is CC(F)(F)CC(N)c1cn[nH]n1.I[I-]I(I)I(I)I(I)I(I)I(I)I(I)I(I)I(I)I(I)I(I)I(I)I(I)I(I)I(I)I. The Morgan fingerprint density at radius 1 is 0.698 bits per heavy atom. The van der Waals surface area contributed by atoms with Crippen LogP contribution in [0, 0.1) is 0 Å². The van der Waals surface area contributed by atoms with Gasteiger partial charge in [0.25, 0.3) is 0 Å². The van der Waals surface area contributed by atoms with Crippen LogP contribution in [0.2, 0.25) is 0 Å². The van der Waals surface area contributed by atoms with E-state index in [1.165, 1.54) is 6.20 Å². The minimum atomic E-state index is -2.77. The van der Waals surface area contributed by atoms with E-state index in [1.54, 1.807) is 0 Å². The molecule has 0 aliphatic rings. The van der Waals surface area contributed by atoms with Crippen LogP contribution in [0.15, 0.2) is 6.20 Å². The molecule has 0 aromatic carbocycles. The average Bonchev–Trinajstić information content (AvgIpc) is 3.50. The van der Waals surface area contributed by atoms with Crippen LogP contribution in [-0.4, -0.2) is 21.3 Å². The Morgan fingerprint density at radius 3 is 1.28 bits per heavy atom. The van der Waals surface area contributed by atoms with Crippen molar-refractivity contribution in [1.29, 1.82) is 0 Å². The van der Waals surface area contributed by atoms with Gasteiger partial charge in [-0.05, 0) is 6.92 Å². The fraction of sp³-hybridized carbons (Fsp3) is 0.667. The van der Waals surface area contributed by atoms with Crippen LogP contribution in [-0.2, 0) is 0 Å². The van der Waals surface area contributed by atoms with Crippen molar-refractivity contribution in [2.75, 3.05) is 0 Å². The van der Waals surface area contributed by atoms with Crippen LogP contribution in [0.4, 0.5) is 8.78 Å². The molecule has 0 amide bonds. The van der Waals surface area contributed by atoms with Gasteiger partial charge in [-0.1, -0.05) is 0 Å². The van der Waals surface area contributed by atoms with Crippen molar-refractivity contribution in [1.82, 2.24) is 15.4 Å². The van der Waals surface area contributed by atoms with Crippen LogP contribution in [0.3, 0.4) is 0 Å². The number of H-pyrrole nitrogens is 1. The molecule has 0 saturated carbocycles. The van der Waals surface area contributed by atoms with Crippen molar-refractivity contribution in [3.05, 3.63) is 11.9 Å². The molecule has 0 saturated heterocycles. The third-order valence-electron chi connectivity index (χ3n) is 2.49. The number of halogens is 33. The molecule has 0 bridgehead atoms. The molecule has 1 aromatic rings. The Hall–Kier alpha value is 21.6. The molecule has 1 heterocycles. The third kappa shape index (κ3) is 28.8. The van der Waals surface area contributed by atoms with E-state index in [2.05, 4.69) is 313 Å². The van der Waals surface area contributed by atoms with Crippen LogP contribution in [0.5, 0.6) is 0 Å². The van der Waals surface area contributed by atoms with Gasteiger partial charge in [-0.3, -0.25) is 0 Å². The number of nitrogens with two attached hydrogens (primary N) is 1. The molecule has 286 valence electrons. The Bertz CT molecular complexity index is 862. The van der Waals surface area contributed by atoms with E-state index in [0.29, 0.717) is 18.9 Å². The number of hydrogen-bond donors (Lipinski definition) is 2. The van der Waals surface area contributed by atoms with E-state index >= 15 is 0 Å². The van der Waals surface area contributed by atoms with Crippen molar-refractivity contribution >= 4 is 408 Å². The van der Waals surface area contributed by atoms with Gasteiger partial charge in [-0.25, -0.2) is 8.78 Å². The standard InChI is InChI=1S/C6H10F2N4.I31/c1-6(7,8)2-4(9)5-3-10-12-11-5;1-17-19(4)21(6)23(8)25(10)27(12)29(14)31(16)30(15)28(13)26(11)24(9)22(7)20(5)18(2)3/h3-4H,2,9H2,1H3,(H,10,11,12);/q;-1. The number of nitrogens with one attached hydrogen (secondary N) is 1. The van der Waals surface area contributed by atoms with Crippen LogP contribution in [0.1, 0.15) is 25.1 Å². The van der Waals surface area contributed by atoms with Gasteiger partial charge >= 0.3 is 422 Å². The number of aromatic nitrogens is 3. The molecule has 3 N–H and O–H groups in total. The zero-order valence-electron chi connectivity index (χ0n) is 18.3. The molecule has 1 atom stereocenters. The molecule has 1 rings (SSSR count). The van der Waals surface area contributed by atoms with E-state index in [4.69, 9.17) is 5.73 Å². The zero-order valence-corrected chi connectivity index (χ0v) is 85.2. The van der Waals surface area contributed by atoms with E-state index < -0.39 is 121 Å².